The van der Waals surface area contributed by atoms with E-state index < -0.39 is 5.97 Å². The molecule has 0 heterocycles. The first kappa shape index (κ1) is 13.5. The lowest BCUT2D eigenvalue weighted by atomic mass is 10.2. The summed E-state index contributed by atoms with van der Waals surface area (Å²) in [6.07, 6.45) is 1.56. The molecule has 5 heteroatoms. The Bertz CT molecular complexity index is 379. The molecule has 0 aliphatic carbocycles. The molecule has 1 N–H and O–H groups in total. The van der Waals surface area contributed by atoms with Gasteiger partial charge in [0.15, 0.2) is 0 Å². The van der Waals surface area contributed by atoms with Gasteiger partial charge in [-0.25, -0.2) is 4.79 Å². The largest absolute Gasteiger partial charge is 0.733 e. The minimum Gasteiger partial charge on any atom is -0.733 e. The summed E-state index contributed by atoms with van der Waals surface area (Å²) in [4.78, 5) is 11.7. The van der Waals surface area contributed by atoms with E-state index in [0.29, 0.717) is 0 Å². The van der Waals surface area contributed by atoms with E-state index in [1.54, 1.807) is 0 Å². The summed E-state index contributed by atoms with van der Waals surface area (Å²) in [5.74, 6) is -0.491. The first-order chi connectivity index (χ1) is 8.04. The average molecular weight is 238 g/mol. The van der Waals surface area contributed by atoms with Gasteiger partial charge in [0.05, 0.1) is 17.4 Å². The van der Waals surface area contributed by atoms with Crippen LogP contribution in [0.25, 0.3) is 0 Å². The molecule has 5 nitrogen and oxygen atoms in total. The van der Waals surface area contributed by atoms with Crippen molar-refractivity contribution in [2.75, 3.05) is 5.23 Å². The number of ether oxygens (including phenoxy) is 1. The number of nitrogens with zero attached hydrogens (tertiary/aromatic N) is 1. The molecule has 0 aliphatic rings. The highest BCUT2D eigenvalue weighted by Crippen LogP contribution is 2.15. The number of anilines is 1. The van der Waals surface area contributed by atoms with Crippen LogP contribution >= 0.6 is 0 Å². The monoisotopic (exact) mass is 238 g/mol. The van der Waals surface area contributed by atoms with Crippen molar-refractivity contribution < 1.29 is 14.7 Å². The average Bonchev–Trinajstić information content (AvgIpc) is 2.29. The molecule has 1 atom stereocenters. The first-order valence-corrected chi connectivity index (χ1v) is 5.51. The summed E-state index contributed by atoms with van der Waals surface area (Å²) in [5, 5.41) is 19.1. The minimum atomic E-state index is -0.491. The van der Waals surface area contributed by atoms with E-state index in [4.69, 9.17) is 9.94 Å². The molecule has 1 rings (SSSR count). The van der Waals surface area contributed by atoms with E-state index in [1.165, 1.54) is 24.3 Å². The predicted octanol–water partition coefficient (Wildman–Crippen LogP) is 2.73. The molecule has 0 bridgehead atoms. The second kappa shape index (κ2) is 6.22. The van der Waals surface area contributed by atoms with Gasteiger partial charge in [-0.15, -0.1) is 0 Å². The molecule has 1 aromatic carbocycles. The number of esters is 1. The lowest BCUT2D eigenvalue weighted by molar-refractivity contribution is 0.0323. The summed E-state index contributed by atoms with van der Waals surface area (Å²) < 4.78 is 5.17. The van der Waals surface area contributed by atoms with Crippen molar-refractivity contribution in [2.24, 2.45) is 0 Å². The van der Waals surface area contributed by atoms with Gasteiger partial charge in [-0.3, -0.25) is 5.21 Å². The topological polar surface area (TPSA) is 72.8 Å². The molecule has 0 aromatic heterocycles. The zero-order valence-corrected chi connectivity index (χ0v) is 9.92. The molecule has 94 valence electrons. The number of benzene rings is 1. The summed E-state index contributed by atoms with van der Waals surface area (Å²) >= 11 is 0. The molecule has 0 unspecified atom stereocenters. The molecular formula is C12H16NO4-. The maximum absolute atomic E-state index is 11.7. The fourth-order valence-corrected chi connectivity index (χ4v) is 1.47. The van der Waals surface area contributed by atoms with Crippen LogP contribution in [0.4, 0.5) is 5.69 Å². The number of hydrogen-bond donors (Lipinski definition) is 1. The zero-order chi connectivity index (χ0) is 12.8. The molecule has 0 fully saturated rings. The lowest BCUT2D eigenvalue weighted by Crippen LogP contribution is -2.15. The van der Waals surface area contributed by atoms with Crippen LogP contribution in [-0.4, -0.2) is 17.3 Å². The maximum Gasteiger partial charge on any atom is 0.338 e. The van der Waals surface area contributed by atoms with Gasteiger partial charge in [0.1, 0.15) is 0 Å². The normalized spacial score (nSPS) is 12.0. The highest BCUT2D eigenvalue weighted by molar-refractivity contribution is 5.90. The highest BCUT2D eigenvalue weighted by Gasteiger charge is 2.11. The molecule has 0 radical (unpaired) electrons. The van der Waals surface area contributed by atoms with Crippen LogP contribution < -0.4 is 5.23 Å². The number of rotatable bonds is 5. The van der Waals surface area contributed by atoms with Gasteiger partial charge < -0.3 is 15.2 Å². The zero-order valence-electron chi connectivity index (χ0n) is 9.92. The Balaban J connectivity index is 2.72. The second-order valence-corrected chi connectivity index (χ2v) is 3.83. The van der Waals surface area contributed by atoms with Crippen LogP contribution in [0.2, 0.25) is 0 Å². The highest BCUT2D eigenvalue weighted by atomic mass is 16.8. The Morgan fingerprint density at radius 3 is 2.88 bits per heavy atom. The Kier molecular flexibility index (Phi) is 4.93. The lowest BCUT2D eigenvalue weighted by Gasteiger charge is -2.22. The van der Waals surface area contributed by atoms with Gasteiger partial charge in [0.25, 0.3) is 0 Å². The van der Waals surface area contributed by atoms with Gasteiger partial charge in [0.2, 0.25) is 0 Å². The van der Waals surface area contributed by atoms with Crippen LogP contribution in [0.1, 0.15) is 37.0 Å². The van der Waals surface area contributed by atoms with Crippen LogP contribution in [0.5, 0.6) is 0 Å². The van der Waals surface area contributed by atoms with Crippen molar-refractivity contribution in [3.05, 3.63) is 35.0 Å². The third-order valence-corrected chi connectivity index (χ3v) is 2.31. The first-order valence-electron chi connectivity index (χ1n) is 5.51. The van der Waals surface area contributed by atoms with Crippen LogP contribution in [0, 0.1) is 5.21 Å². The van der Waals surface area contributed by atoms with Crippen LogP contribution in [0.3, 0.4) is 0 Å². The van der Waals surface area contributed by atoms with Crippen LogP contribution in [-0.2, 0) is 4.74 Å². The van der Waals surface area contributed by atoms with Gasteiger partial charge in [0, 0.05) is 0 Å². The second-order valence-electron chi connectivity index (χ2n) is 3.83. The van der Waals surface area contributed by atoms with Crippen molar-refractivity contribution in [3.63, 3.8) is 0 Å². The van der Waals surface area contributed by atoms with Gasteiger partial charge in [-0.2, -0.15) is 0 Å². The summed E-state index contributed by atoms with van der Waals surface area (Å²) in [5.41, 5.74) is 0.253. The molecular weight excluding hydrogens is 222 g/mol. The third kappa shape index (κ3) is 4.05. The van der Waals surface area contributed by atoms with Crippen molar-refractivity contribution in [1.29, 1.82) is 0 Å². The fraction of sp³-hybridized carbons (Fsp3) is 0.417. The molecule has 17 heavy (non-hydrogen) atoms. The molecule has 0 aliphatic heterocycles. The van der Waals surface area contributed by atoms with E-state index in [0.717, 1.165) is 12.8 Å². The van der Waals surface area contributed by atoms with E-state index in [1.807, 2.05) is 13.8 Å². The Morgan fingerprint density at radius 2 is 2.29 bits per heavy atom. The van der Waals surface area contributed by atoms with Gasteiger partial charge in [-0.1, -0.05) is 19.4 Å². The van der Waals surface area contributed by atoms with E-state index >= 15 is 0 Å². The number of carbonyl (C=O) groups is 1. The Hall–Kier alpha value is -1.59. The Labute approximate surface area is 100 Å². The van der Waals surface area contributed by atoms with E-state index in [9.17, 15) is 10.0 Å². The number of hydrogen-bond acceptors (Lipinski definition) is 5. The summed E-state index contributed by atoms with van der Waals surface area (Å²) in [6, 6.07) is 5.73. The standard InChI is InChI=1S/C12H16NO4/c1-3-5-9(2)17-12(14)10-6-4-7-11(8-10)13(15)16/h4,6-9,15H,3,5H2,1-2H3/q-1/t9-/m1/s1. The van der Waals surface area contributed by atoms with E-state index in [2.05, 4.69) is 0 Å². The van der Waals surface area contributed by atoms with Crippen molar-refractivity contribution in [3.8, 4) is 0 Å². The fourth-order valence-electron chi connectivity index (χ4n) is 1.47. The molecule has 0 saturated heterocycles. The maximum atomic E-state index is 11.7. The minimum absolute atomic E-state index is 0.00240. The Morgan fingerprint density at radius 1 is 1.59 bits per heavy atom. The van der Waals surface area contributed by atoms with Crippen molar-refractivity contribution in [1.82, 2.24) is 0 Å². The summed E-state index contributed by atoms with van der Waals surface area (Å²) in [6.45, 7) is 3.82. The summed E-state index contributed by atoms with van der Waals surface area (Å²) in [7, 11) is 0. The SMILES string of the molecule is CCC[C@@H](C)OC(=O)c1cccc(N([O-])O)c1. The van der Waals surface area contributed by atoms with Gasteiger partial charge >= 0.3 is 5.97 Å². The number of carbonyl (C=O) groups excluding carboxylic acids is 1. The van der Waals surface area contributed by atoms with Gasteiger partial charge in [-0.05, 0) is 31.5 Å². The van der Waals surface area contributed by atoms with Crippen molar-refractivity contribution >= 4 is 11.7 Å². The van der Waals surface area contributed by atoms with Crippen molar-refractivity contribution in [2.45, 2.75) is 32.8 Å². The quantitative estimate of drug-likeness (QED) is 0.630. The molecule has 1 aromatic rings. The van der Waals surface area contributed by atoms with E-state index in [-0.39, 0.29) is 22.6 Å². The molecule has 0 spiro atoms. The molecule has 0 saturated carbocycles. The molecule has 0 amide bonds. The van der Waals surface area contributed by atoms with Crippen LogP contribution in [0.15, 0.2) is 24.3 Å². The smallest absolute Gasteiger partial charge is 0.338 e. The predicted molar refractivity (Wildman–Crippen MR) is 63.9 cm³/mol. The third-order valence-electron chi connectivity index (χ3n) is 2.31.